The van der Waals surface area contributed by atoms with E-state index in [0.29, 0.717) is 6.04 Å². The first-order chi connectivity index (χ1) is 10.8. The second-order valence-corrected chi connectivity index (χ2v) is 6.40. The smallest absolute Gasteiger partial charge is 0.165 e. The van der Waals surface area contributed by atoms with E-state index in [9.17, 15) is 0 Å². The Hall–Kier alpha value is -1.65. The highest BCUT2D eigenvalue weighted by Crippen LogP contribution is 2.36. The normalized spacial score (nSPS) is 16.9. The summed E-state index contributed by atoms with van der Waals surface area (Å²) in [5, 5.41) is 3.67. The van der Waals surface area contributed by atoms with Crippen molar-refractivity contribution in [1.29, 1.82) is 0 Å². The quantitative estimate of drug-likeness (QED) is 0.902. The third-order valence-electron chi connectivity index (χ3n) is 3.98. The molecule has 2 aromatic rings. The Kier molecular flexibility index (Phi) is 4.90. The van der Waals surface area contributed by atoms with E-state index in [2.05, 4.69) is 35.6 Å². The van der Waals surface area contributed by atoms with Gasteiger partial charge in [0.2, 0.25) is 0 Å². The Morgan fingerprint density at radius 1 is 1.09 bits per heavy atom. The van der Waals surface area contributed by atoms with Gasteiger partial charge in [-0.1, -0.05) is 30.3 Å². The van der Waals surface area contributed by atoms with E-state index in [1.165, 1.54) is 10.5 Å². The Morgan fingerprint density at radius 3 is 2.77 bits per heavy atom. The van der Waals surface area contributed by atoms with Crippen molar-refractivity contribution in [3.63, 3.8) is 0 Å². The van der Waals surface area contributed by atoms with Crippen molar-refractivity contribution in [3.05, 3.63) is 53.6 Å². The van der Waals surface area contributed by atoms with Gasteiger partial charge < -0.3 is 14.8 Å². The van der Waals surface area contributed by atoms with Gasteiger partial charge in [-0.15, -0.1) is 11.8 Å². The van der Waals surface area contributed by atoms with Gasteiger partial charge in [0.05, 0.1) is 14.2 Å². The highest BCUT2D eigenvalue weighted by molar-refractivity contribution is 7.99. The van der Waals surface area contributed by atoms with Gasteiger partial charge in [-0.3, -0.25) is 0 Å². The molecule has 4 heteroatoms. The van der Waals surface area contributed by atoms with Crippen LogP contribution in [-0.4, -0.2) is 20.0 Å². The summed E-state index contributed by atoms with van der Waals surface area (Å²) in [6.07, 6.45) is 1.15. The molecule has 0 bridgehead atoms. The molecule has 0 saturated carbocycles. The molecule has 0 amide bonds. The van der Waals surface area contributed by atoms with E-state index in [4.69, 9.17) is 9.47 Å². The molecule has 1 atom stereocenters. The molecule has 3 rings (SSSR count). The van der Waals surface area contributed by atoms with Crippen LogP contribution in [0.15, 0.2) is 47.4 Å². The van der Waals surface area contributed by atoms with Crippen molar-refractivity contribution >= 4 is 11.8 Å². The SMILES string of the molecule is COc1cccc(CNC2CCSc3ccccc32)c1OC. The lowest BCUT2D eigenvalue weighted by Gasteiger charge is -2.26. The number of thioether (sulfide) groups is 1. The molecule has 0 radical (unpaired) electrons. The highest BCUT2D eigenvalue weighted by atomic mass is 32.2. The van der Waals surface area contributed by atoms with Crippen molar-refractivity contribution in [2.24, 2.45) is 0 Å². The highest BCUT2D eigenvalue weighted by Gasteiger charge is 2.20. The van der Waals surface area contributed by atoms with Crippen molar-refractivity contribution in [2.45, 2.75) is 23.9 Å². The number of hydrogen-bond acceptors (Lipinski definition) is 4. The fourth-order valence-electron chi connectivity index (χ4n) is 2.88. The number of ether oxygens (including phenoxy) is 2. The van der Waals surface area contributed by atoms with Crippen LogP contribution < -0.4 is 14.8 Å². The molecule has 1 aliphatic rings. The summed E-state index contributed by atoms with van der Waals surface area (Å²) >= 11 is 1.94. The number of rotatable bonds is 5. The summed E-state index contributed by atoms with van der Waals surface area (Å²) in [7, 11) is 3.36. The Bertz CT molecular complexity index is 645. The van der Waals surface area contributed by atoms with Crippen molar-refractivity contribution in [2.75, 3.05) is 20.0 Å². The Morgan fingerprint density at radius 2 is 1.95 bits per heavy atom. The van der Waals surface area contributed by atoms with Gasteiger partial charge in [0.25, 0.3) is 0 Å². The van der Waals surface area contributed by atoms with Crippen LogP contribution >= 0.6 is 11.8 Å². The zero-order chi connectivity index (χ0) is 15.4. The molecule has 1 unspecified atom stereocenters. The molecule has 0 saturated heterocycles. The number of para-hydroxylation sites is 1. The summed E-state index contributed by atoms with van der Waals surface area (Å²) in [5.74, 6) is 2.75. The minimum Gasteiger partial charge on any atom is -0.493 e. The monoisotopic (exact) mass is 315 g/mol. The molecule has 22 heavy (non-hydrogen) atoms. The minimum atomic E-state index is 0.397. The molecule has 116 valence electrons. The molecular formula is C18H21NO2S. The van der Waals surface area contributed by atoms with Crippen molar-refractivity contribution in [1.82, 2.24) is 5.32 Å². The summed E-state index contributed by atoms with van der Waals surface area (Å²) < 4.78 is 10.9. The third-order valence-corrected chi connectivity index (χ3v) is 5.10. The van der Waals surface area contributed by atoms with Gasteiger partial charge in [-0.25, -0.2) is 0 Å². The largest absolute Gasteiger partial charge is 0.493 e. The zero-order valence-corrected chi connectivity index (χ0v) is 13.8. The second kappa shape index (κ2) is 7.07. The molecular weight excluding hydrogens is 294 g/mol. The maximum atomic E-state index is 5.51. The molecule has 0 fully saturated rings. The molecule has 2 aromatic carbocycles. The number of nitrogens with one attached hydrogen (secondary N) is 1. The molecule has 1 heterocycles. The van der Waals surface area contributed by atoms with Crippen molar-refractivity contribution in [3.8, 4) is 11.5 Å². The molecule has 0 aliphatic carbocycles. The molecule has 3 nitrogen and oxygen atoms in total. The van der Waals surface area contributed by atoms with Crippen LogP contribution in [0.4, 0.5) is 0 Å². The number of hydrogen-bond donors (Lipinski definition) is 1. The lowest BCUT2D eigenvalue weighted by molar-refractivity contribution is 0.349. The van der Waals surface area contributed by atoms with Gasteiger partial charge in [-0.2, -0.15) is 0 Å². The zero-order valence-electron chi connectivity index (χ0n) is 13.0. The molecule has 0 spiro atoms. The van der Waals surface area contributed by atoms with E-state index in [0.717, 1.165) is 35.8 Å². The number of benzene rings is 2. The molecule has 1 aliphatic heterocycles. The van der Waals surface area contributed by atoms with Crippen LogP contribution in [0.3, 0.4) is 0 Å². The van der Waals surface area contributed by atoms with Gasteiger partial charge in [0.1, 0.15) is 0 Å². The van der Waals surface area contributed by atoms with E-state index in [1.807, 2.05) is 23.9 Å². The molecule has 0 aromatic heterocycles. The van der Waals surface area contributed by atoms with E-state index < -0.39 is 0 Å². The summed E-state index contributed by atoms with van der Waals surface area (Å²) in [5.41, 5.74) is 2.53. The third kappa shape index (κ3) is 3.08. The van der Waals surface area contributed by atoms with Crippen LogP contribution in [-0.2, 0) is 6.54 Å². The average molecular weight is 315 g/mol. The maximum Gasteiger partial charge on any atom is 0.165 e. The van der Waals surface area contributed by atoms with Gasteiger partial charge in [0, 0.05) is 23.0 Å². The lowest BCUT2D eigenvalue weighted by Crippen LogP contribution is -2.24. The van der Waals surface area contributed by atoms with Crippen LogP contribution in [0.5, 0.6) is 11.5 Å². The predicted octanol–water partition coefficient (Wildman–Crippen LogP) is 4.03. The number of fused-ring (bicyclic) bond motifs is 1. The fourth-order valence-corrected chi connectivity index (χ4v) is 4.01. The van der Waals surface area contributed by atoms with E-state index >= 15 is 0 Å². The minimum absolute atomic E-state index is 0.397. The van der Waals surface area contributed by atoms with Crippen LogP contribution in [0.1, 0.15) is 23.6 Å². The number of methoxy groups -OCH3 is 2. The molecule has 1 N–H and O–H groups in total. The summed E-state index contributed by atoms with van der Waals surface area (Å²) in [4.78, 5) is 1.39. The van der Waals surface area contributed by atoms with Gasteiger partial charge >= 0.3 is 0 Å². The van der Waals surface area contributed by atoms with Gasteiger partial charge in [-0.05, 0) is 29.9 Å². The Balaban J connectivity index is 1.77. The summed E-state index contributed by atoms with van der Waals surface area (Å²) in [6.45, 7) is 0.768. The predicted molar refractivity (Wildman–Crippen MR) is 90.9 cm³/mol. The van der Waals surface area contributed by atoms with Crippen LogP contribution in [0.25, 0.3) is 0 Å². The topological polar surface area (TPSA) is 30.5 Å². The van der Waals surface area contributed by atoms with E-state index in [1.54, 1.807) is 14.2 Å². The first-order valence-corrected chi connectivity index (χ1v) is 8.47. The maximum absolute atomic E-state index is 5.51. The first-order valence-electron chi connectivity index (χ1n) is 7.48. The standard InChI is InChI=1S/C18H21NO2S/c1-20-16-8-5-6-13(18(16)21-2)12-19-15-10-11-22-17-9-4-3-7-14(15)17/h3-9,15,19H,10-12H2,1-2H3. The summed E-state index contributed by atoms with van der Waals surface area (Å²) in [6, 6.07) is 15.1. The van der Waals surface area contributed by atoms with E-state index in [-0.39, 0.29) is 0 Å². The second-order valence-electron chi connectivity index (χ2n) is 5.26. The fraction of sp³-hybridized carbons (Fsp3) is 0.333. The van der Waals surface area contributed by atoms with Crippen molar-refractivity contribution < 1.29 is 9.47 Å². The average Bonchev–Trinajstić information content (AvgIpc) is 2.59. The van der Waals surface area contributed by atoms with Crippen LogP contribution in [0.2, 0.25) is 0 Å². The Labute approximate surface area is 136 Å². The van der Waals surface area contributed by atoms with Crippen LogP contribution in [0, 0.1) is 0 Å². The lowest BCUT2D eigenvalue weighted by atomic mass is 10.0. The van der Waals surface area contributed by atoms with Gasteiger partial charge in [0.15, 0.2) is 11.5 Å². The first kappa shape index (κ1) is 15.3.